The van der Waals surface area contributed by atoms with Crippen LogP contribution in [0.2, 0.25) is 0 Å². The molecule has 20 heavy (non-hydrogen) atoms. The molecule has 0 saturated carbocycles. The molecule has 106 valence electrons. The Morgan fingerprint density at radius 2 is 1.80 bits per heavy atom. The van der Waals surface area contributed by atoms with E-state index in [9.17, 15) is 17.2 Å². The first kappa shape index (κ1) is 14.8. The molecule has 2 rings (SSSR count). The standard InChI is InChI=1S/C11H8F2N2O2S3/c12-6-3-7(13)5-8(4-6)15-20(16,17)10-2-1-9(19-10)11(14)18/h1-5,15H,(H2,14,18). The molecule has 0 amide bonds. The summed E-state index contributed by atoms with van der Waals surface area (Å²) in [7, 11) is -3.94. The second-order valence-electron chi connectivity index (χ2n) is 3.75. The molecule has 0 aliphatic rings. The minimum atomic E-state index is -3.94. The van der Waals surface area contributed by atoms with E-state index in [4.69, 9.17) is 18.0 Å². The molecule has 0 atom stereocenters. The van der Waals surface area contributed by atoms with Crippen LogP contribution in [0.5, 0.6) is 0 Å². The fourth-order valence-corrected chi connectivity index (χ4v) is 3.81. The number of nitrogens with two attached hydrogens (primary N) is 1. The molecule has 0 aliphatic heterocycles. The van der Waals surface area contributed by atoms with Gasteiger partial charge in [0.05, 0.1) is 10.6 Å². The molecule has 3 N–H and O–H groups in total. The maximum Gasteiger partial charge on any atom is 0.271 e. The van der Waals surface area contributed by atoms with E-state index < -0.39 is 21.7 Å². The number of thiocarbonyl (C=S) groups is 1. The summed E-state index contributed by atoms with van der Waals surface area (Å²) < 4.78 is 52.1. The first-order chi connectivity index (χ1) is 9.28. The fraction of sp³-hybridized carbons (Fsp3) is 0. The van der Waals surface area contributed by atoms with E-state index in [2.05, 4.69) is 4.72 Å². The number of benzene rings is 1. The van der Waals surface area contributed by atoms with Crippen LogP contribution >= 0.6 is 23.6 Å². The number of rotatable bonds is 4. The Morgan fingerprint density at radius 1 is 1.20 bits per heavy atom. The van der Waals surface area contributed by atoms with Crippen molar-refractivity contribution in [1.82, 2.24) is 0 Å². The van der Waals surface area contributed by atoms with E-state index in [1.165, 1.54) is 12.1 Å². The van der Waals surface area contributed by atoms with Gasteiger partial charge in [-0.15, -0.1) is 11.3 Å². The lowest BCUT2D eigenvalue weighted by molar-refractivity contribution is 0.584. The highest BCUT2D eigenvalue weighted by Crippen LogP contribution is 2.24. The van der Waals surface area contributed by atoms with E-state index in [0.717, 1.165) is 23.5 Å². The van der Waals surface area contributed by atoms with Crippen LogP contribution in [0.3, 0.4) is 0 Å². The van der Waals surface area contributed by atoms with Crippen molar-refractivity contribution in [2.45, 2.75) is 4.21 Å². The third-order valence-corrected chi connectivity index (χ3v) is 5.54. The Kier molecular flexibility index (Phi) is 4.02. The summed E-state index contributed by atoms with van der Waals surface area (Å²) in [6.45, 7) is 0. The minimum Gasteiger partial charge on any atom is -0.389 e. The van der Waals surface area contributed by atoms with Crippen LogP contribution in [-0.4, -0.2) is 13.4 Å². The van der Waals surface area contributed by atoms with Crippen LogP contribution in [0.25, 0.3) is 0 Å². The highest BCUT2D eigenvalue weighted by Gasteiger charge is 2.18. The van der Waals surface area contributed by atoms with Crippen LogP contribution in [0.15, 0.2) is 34.5 Å². The van der Waals surface area contributed by atoms with Gasteiger partial charge in [-0.2, -0.15) is 0 Å². The summed E-state index contributed by atoms with van der Waals surface area (Å²) in [5, 5.41) is 0. The van der Waals surface area contributed by atoms with Crippen LogP contribution < -0.4 is 10.5 Å². The molecule has 0 spiro atoms. The highest BCUT2D eigenvalue weighted by atomic mass is 32.2. The first-order valence-electron chi connectivity index (χ1n) is 5.16. The zero-order valence-electron chi connectivity index (χ0n) is 9.76. The average Bonchev–Trinajstić information content (AvgIpc) is 2.76. The van der Waals surface area contributed by atoms with Gasteiger partial charge < -0.3 is 5.73 Å². The Bertz CT molecular complexity index is 751. The van der Waals surface area contributed by atoms with Crippen LogP contribution in [0.4, 0.5) is 14.5 Å². The third-order valence-electron chi connectivity index (χ3n) is 2.20. The molecule has 0 radical (unpaired) electrons. The number of sulfonamides is 1. The Balaban J connectivity index is 2.32. The monoisotopic (exact) mass is 334 g/mol. The second kappa shape index (κ2) is 5.43. The first-order valence-corrected chi connectivity index (χ1v) is 7.87. The van der Waals surface area contributed by atoms with Crippen molar-refractivity contribution in [2.75, 3.05) is 4.72 Å². The number of thiophene rings is 1. The largest absolute Gasteiger partial charge is 0.389 e. The Hall–Kier alpha value is -1.58. The van der Waals surface area contributed by atoms with E-state index in [1.807, 2.05) is 0 Å². The highest BCUT2D eigenvalue weighted by molar-refractivity contribution is 7.94. The maximum absolute atomic E-state index is 13.0. The summed E-state index contributed by atoms with van der Waals surface area (Å²) in [6, 6.07) is 5.18. The van der Waals surface area contributed by atoms with E-state index in [0.29, 0.717) is 10.9 Å². The topological polar surface area (TPSA) is 72.2 Å². The molecule has 2 aromatic rings. The van der Waals surface area contributed by atoms with Gasteiger partial charge in [0, 0.05) is 6.07 Å². The van der Waals surface area contributed by atoms with E-state index in [1.54, 1.807) is 0 Å². The van der Waals surface area contributed by atoms with Gasteiger partial charge in [0.25, 0.3) is 10.0 Å². The van der Waals surface area contributed by atoms with Crippen molar-refractivity contribution in [3.63, 3.8) is 0 Å². The van der Waals surface area contributed by atoms with Gasteiger partial charge in [-0.3, -0.25) is 4.72 Å². The predicted octanol–water partition coefficient (Wildman–Crippen LogP) is 2.46. The number of hydrogen-bond acceptors (Lipinski definition) is 4. The quantitative estimate of drug-likeness (QED) is 0.843. The summed E-state index contributed by atoms with van der Waals surface area (Å²) in [6.07, 6.45) is 0. The number of hydrogen-bond donors (Lipinski definition) is 2. The lowest BCUT2D eigenvalue weighted by Crippen LogP contribution is -2.12. The predicted molar refractivity (Wildman–Crippen MR) is 77.4 cm³/mol. The fourth-order valence-electron chi connectivity index (χ4n) is 1.42. The van der Waals surface area contributed by atoms with E-state index in [-0.39, 0.29) is 14.9 Å². The van der Waals surface area contributed by atoms with Gasteiger partial charge >= 0.3 is 0 Å². The van der Waals surface area contributed by atoms with Crippen molar-refractivity contribution in [1.29, 1.82) is 0 Å². The number of nitrogens with one attached hydrogen (secondary N) is 1. The smallest absolute Gasteiger partial charge is 0.271 e. The molecular weight excluding hydrogens is 326 g/mol. The van der Waals surface area contributed by atoms with Crippen LogP contribution in [0.1, 0.15) is 4.88 Å². The van der Waals surface area contributed by atoms with Crippen molar-refractivity contribution in [2.24, 2.45) is 5.73 Å². The molecule has 0 saturated heterocycles. The van der Waals surface area contributed by atoms with E-state index >= 15 is 0 Å². The zero-order valence-corrected chi connectivity index (χ0v) is 12.2. The zero-order chi connectivity index (χ0) is 14.9. The SMILES string of the molecule is NC(=S)c1ccc(S(=O)(=O)Nc2cc(F)cc(F)c2)s1. The lowest BCUT2D eigenvalue weighted by atomic mass is 10.3. The molecule has 9 heteroatoms. The van der Waals surface area contributed by atoms with Gasteiger partial charge in [-0.25, -0.2) is 17.2 Å². The van der Waals surface area contributed by atoms with Gasteiger partial charge in [0.1, 0.15) is 20.8 Å². The van der Waals surface area contributed by atoms with Crippen molar-refractivity contribution in [3.8, 4) is 0 Å². The van der Waals surface area contributed by atoms with Crippen LogP contribution in [-0.2, 0) is 10.0 Å². The molecule has 0 aliphatic carbocycles. The van der Waals surface area contributed by atoms with Gasteiger partial charge in [-0.05, 0) is 24.3 Å². The van der Waals surface area contributed by atoms with Crippen molar-refractivity contribution >= 4 is 44.3 Å². The van der Waals surface area contributed by atoms with Crippen molar-refractivity contribution < 1.29 is 17.2 Å². The van der Waals surface area contributed by atoms with Crippen molar-refractivity contribution in [3.05, 3.63) is 46.8 Å². The molecule has 0 bridgehead atoms. The molecule has 1 aromatic carbocycles. The summed E-state index contributed by atoms with van der Waals surface area (Å²) >= 11 is 5.61. The third kappa shape index (κ3) is 3.30. The summed E-state index contributed by atoms with van der Waals surface area (Å²) in [5.41, 5.74) is 5.19. The molecular formula is C11H8F2N2O2S3. The Morgan fingerprint density at radius 3 is 2.30 bits per heavy atom. The van der Waals surface area contributed by atoms with Gasteiger partial charge in [0.2, 0.25) is 0 Å². The molecule has 1 heterocycles. The Labute approximate surface area is 123 Å². The minimum absolute atomic E-state index is 0.0510. The summed E-state index contributed by atoms with van der Waals surface area (Å²) in [4.78, 5) is 0.513. The number of anilines is 1. The molecule has 0 fully saturated rings. The normalized spacial score (nSPS) is 11.3. The van der Waals surface area contributed by atoms with Gasteiger partial charge in [0.15, 0.2) is 0 Å². The van der Waals surface area contributed by atoms with Crippen LogP contribution in [0, 0.1) is 11.6 Å². The molecule has 1 aromatic heterocycles. The second-order valence-corrected chi connectivity index (χ2v) is 7.18. The van der Waals surface area contributed by atoms with Gasteiger partial charge in [-0.1, -0.05) is 12.2 Å². The average molecular weight is 334 g/mol. The summed E-state index contributed by atoms with van der Waals surface area (Å²) in [5.74, 6) is -1.75. The lowest BCUT2D eigenvalue weighted by Gasteiger charge is -2.06. The molecule has 4 nitrogen and oxygen atoms in total. The molecule has 0 unspecified atom stereocenters. The maximum atomic E-state index is 13.0. The number of halogens is 2.